The number of aryl methyl sites for hydroxylation is 1. The zero-order valence-corrected chi connectivity index (χ0v) is 28.8. The fraction of sp³-hybridized carbons (Fsp3) is 0.622. The number of hydrogen-bond acceptors (Lipinski definition) is 5. The van der Waals surface area contributed by atoms with Crippen molar-refractivity contribution in [3.8, 4) is 5.75 Å². The van der Waals surface area contributed by atoms with Crippen LogP contribution in [0.3, 0.4) is 0 Å². The Morgan fingerprint density at radius 2 is 1.82 bits per heavy atom. The lowest BCUT2D eigenvalue weighted by atomic mass is 9.85. The SMILES string of the molecule is CCC1CCCCO1.CCCCN(C(=O)CN1C[C@H](c2ccc3c(c2)CCO3)[C@@H](C(=O)O)[C@@H]1C)c1cccc(C)c1.C[NH+](C)C. The summed E-state index contributed by atoms with van der Waals surface area (Å²) in [5, 5.41) is 10.0. The van der Waals surface area contributed by atoms with Gasteiger partial charge in [0.2, 0.25) is 5.91 Å². The number of aliphatic carboxylic acids is 1. The number of benzene rings is 2. The third-order valence-electron chi connectivity index (χ3n) is 8.80. The van der Waals surface area contributed by atoms with Crippen LogP contribution in [0.25, 0.3) is 0 Å². The highest BCUT2D eigenvalue weighted by Gasteiger charge is 2.45. The first-order chi connectivity index (χ1) is 21.5. The van der Waals surface area contributed by atoms with E-state index < -0.39 is 11.9 Å². The molecule has 2 saturated heterocycles. The normalized spacial score (nSPS) is 22.4. The van der Waals surface area contributed by atoms with Gasteiger partial charge >= 0.3 is 5.97 Å². The molecule has 4 atom stereocenters. The molecule has 8 nitrogen and oxygen atoms in total. The van der Waals surface area contributed by atoms with Crippen molar-refractivity contribution < 1.29 is 29.1 Å². The monoisotopic (exact) mass is 624 g/mol. The molecule has 3 aliphatic rings. The zero-order chi connectivity index (χ0) is 32.9. The lowest BCUT2D eigenvalue weighted by Gasteiger charge is -2.28. The number of rotatable bonds is 9. The van der Waals surface area contributed by atoms with Crippen LogP contribution in [0.4, 0.5) is 5.69 Å². The predicted molar refractivity (Wildman–Crippen MR) is 182 cm³/mol. The molecule has 2 aromatic carbocycles. The Hall–Kier alpha value is -2.94. The van der Waals surface area contributed by atoms with Crippen LogP contribution in [0.2, 0.25) is 0 Å². The summed E-state index contributed by atoms with van der Waals surface area (Å²) in [6.07, 6.45) is 8.50. The molecule has 0 spiro atoms. The number of carboxylic acid groups (broad SMARTS) is 1. The molecule has 0 saturated carbocycles. The van der Waals surface area contributed by atoms with Crippen LogP contribution >= 0.6 is 0 Å². The summed E-state index contributed by atoms with van der Waals surface area (Å²) < 4.78 is 11.0. The van der Waals surface area contributed by atoms with Crippen molar-refractivity contribution >= 4 is 17.6 Å². The lowest BCUT2D eigenvalue weighted by molar-refractivity contribution is -0.836. The van der Waals surface area contributed by atoms with Crippen molar-refractivity contribution in [3.63, 3.8) is 0 Å². The maximum Gasteiger partial charge on any atom is 0.308 e. The van der Waals surface area contributed by atoms with E-state index in [0.29, 0.717) is 25.8 Å². The second-order valence-electron chi connectivity index (χ2n) is 13.2. The molecule has 2 N–H and O–H groups in total. The van der Waals surface area contributed by atoms with E-state index in [1.807, 2.05) is 60.0 Å². The van der Waals surface area contributed by atoms with Gasteiger partial charge in [0.05, 0.1) is 46.3 Å². The van der Waals surface area contributed by atoms with Crippen LogP contribution in [0.15, 0.2) is 42.5 Å². The number of carbonyl (C=O) groups excluding carboxylic acids is 1. The molecule has 5 rings (SSSR count). The number of fused-ring (bicyclic) bond motifs is 1. The van der Waals surface area contributed by atoms with Gasteiger partial charge in [-0.05, 0) is 80.8 Å². The number of ether oxygens (including phenoxy) is 2. The molecule has 3 heterocycles. The molecule has 2 aromatic rings. The molecule has 0 bridgehead atoms. The highest BCUT2D eigenvalue weighted by molar-refractivity contribution is 5.95. The number of carboxylic acids is 1. The summed E-state index contributed by atoms with van der Waals surface area (Å²) in [6, 6.07) is 13.8. The standard InChI is InChI=1S/C27H34N2O4.C7H14O.C3H9N/c1-4-5-12-29(22-8-6-7-18(2)14-22)25(30)17-28-16-23(26(19(28)3)27(31)32)20-9-10-24-21(15-20)11-13-33-24;1-2-7-5-3-4-6-8-7;1-4(2)3/h6-10,14-15,19,23,26H,4-5,11-13,16-17H2,1-3H3,(H,31,32);7H,2-6H2,1H3;1-3H3/p+1/t19-,23+,26-;;/m0../s1. The summed E-state index contributed by atoms with van der Waals surface area (Å²) in [5.74, 6) is -0.595. The van der Waals surface area contributed by atoms with E-state index in [2.05, 4.69) is 41.1 Å². The summed E-state index contributed by atoms with van der Waals surface area (Å²) in [6.45, 7) is 11.4. The lowest BCUT2D eigenvalue weighted by Crippen LogP contribution is -3.02. The van der Waals surface area contributed by atoms with Gasteiger partial charge in [0.15, 0.2) is 0 Å². The second-order valence-corrected chi connectivity index (χ2v) is 13.2. The minimum Gasteiger partial charge on any atom is -0.493 e. The third-order valence-corrected chi connectivity index (χ3v) is 8.80. The van der Waals surface area contributed by atoms with Crippen molar-refractivity contribution in [1.82, 2.24) is 4.90 Å². The van der Waals surface area contributed by atoms with Gasteiger partial charge in [-0.25, -0.2) is 0 Å². The highest BCUT2D eigenvalue weighted by atomic mass is 16.5. The smallest absolute Gasteiger partial charge is 0.308 e. The number of likely N-dealkylation sites (tertiary alicyclic amines) is 1. The number of quaternary nitrogens is 1. The summed E-state index contributed by atoms with van der Waals surface area (Å²) >= 11 is 0. The third kappa shape index (κ3) is 10.8. The summed E-state index contributed by atoms with van der Waals surface area (Å²) in [4.78, 5) is 31.0. The average molecular weight is 625 g/mol. The van der Waals surface area contributed by atoms with E-state index in [1.165, 1.54) is 30.6 Å². The first-order valence-corrected chi connectivity index (χ1v) is 17.0. The van der Waals surface area contributed by atoms with Gasteiger partial charge in [-0.2, -0.15) is 0 Å². The van der Waals surface area contributed by atoms with E-state index in [9.17, 15) is 14.7 Å². The number of amides is 1. The Kier molecular flexibility index (Phi) is 14.8. The predicted octanol–water partition coefficient (Wildman–Crippen LogP) is 4.98. The maximum absolute atomic E-state index is 13.5. The molecule has 1 unspecified atom stereocenters. The Bertz CT molecular complexity index is 1210. The molecule has 1 amide bonds. The first-order valence-electron chi connectivity index (χ1n) is 17.0. The van der Waals surface area contributed by atoms with Crippen molar-refractivity contribution in [3.05, 3.63) is 59.2 Å². The van der Waals surface area contributed by atoms with Crippen molar-refractivity contribution in [2.75, 3.05) is 58.9 Å². The summed E-state index contributed by atoms with van der Waals surface area (Å²) in [7, 11) is 6.25. The molecule has 0 aliphatic carbocycles. The summed E-state index contributed by atoms with van der Waals surface area (Å²) in [5.41, 5.74) is 4.19. The van der Waals surface area contributed by atoms with E-state index in [-0.39, 0.29) is 24.4 Å². The second kappa shape index (κ2) is 18.3. The van der Waals surface area contributed by atoms with E-state index in [0.717, 1.165) is 54.0 Å². The molecular formula is C37H58N3O5+. The largest absolute Gasteiger partial charge is 0.493 e. The van der Waals surface area contributed by atoms with Crippen LogP contribution < -0.4 is 14.5 Å². The quantitative estimate of drug-likeness (QED) is 0.410. The minimum absolute atomic E-state index is 0.0213. The number of carbonyl (C=O) groups is 2. The Morgan fingerprint density at radius 3 is 2.42 bits per heavy atom. The fourth-order valence-electron chi connectivity index (χ4n) is 6.33. The van der Waals surface area contributed by atoms with Crippen LogP contribution in [0, 0.1) is 12.8 Å². The molecule has 8 heteroatoms. The van der Waals surface area contributed by atoms with E-state index >= 15 is 0 Å². The van der Waals surface area contributed by atoms with Gasteiger partial charge in [-0.1, -0.05) is 44.5 Å². The molecule has 45 heavy (non-hydrogen) atoms. The molecule has 2 fully saturated rings. The van der Waals surface area contributed by atoms with Crippen LogP contribution in [-0.4, -0.2) is 88.0 Å². The van der Waals surface area contributed by atoms with Gasteiger partial charge in [-0.3, -0.25) is 14.5 Å². The number of hydrogen-bond donors (Lipinski definition) is 2. The number of nitrogens with one attached hydrogen (secondary N) is 1. The van der Waals surface area contributed by atoms with Gasteiger partial charge in [0.1, 0.15) is 5.75 Å². The van der Waals surface area contributed by atoms with E-state index in [4.69, 9.17) is 9.47 Å². The molecule has 250 valence electrons. The highest BCUT2D eigenvalue weighted by Crippen LogP contribution is 2.39. The Morgan fingerprint density at radius 1 is 1.07 bits per heavy atom. The molecule has 3 aliphatic heterocycles. The maximum atomic E-state index is 13.5. The molecule has 0 radical (unpaired) electrons. The van der Waals surface area contributed by atoms with E-state index in [1.54, 1.807) is 0 Å². The Balaban J connectivity index is 0.000000387. The van der Waals surface area contributed by atoms with Gasteiger partial charge in [-0.15, -0.1) is 0 Å². The van der Waals surface area contributed by atoms with Crippen LogP contribution in [0.1, 0.15) is 81.9 Å². The number of nitrogens with zero attached hydrogens (tertiary/aromatic N) is 2. The zero-order valence-electron chi connectivity index (χ0n) is 28.8. The van der Waals surface area contributed by atoms with Crippen LogP contribution in [0.5, 0.6) is 5.75 Å². The topological polar surface area (TPSA) is 83.8 Å². The fourth-order valence-corrected chi connectivity index (χ4v) is 6.33. The average Bonchev–Trinajstić information content (AvgIpc) is 3.61. The van der Waals surface area contributed by atoms with Crippen LogP contribution in [-0.2, 0) is 20.7 Å². The van der Waals surface area contributed by atoms with Gasteiger partial charge < -0.3 is 24.4 Å². The molecule has 0 aromatic heterocycles. The van der Waals surface area contributed by atoms with Gasteiger partial charge in [0, 0.05) is 43.8 Å². The Labute approximate surface area is 271 Å². The van der Waals surface area contributed by atoms with Crippen molar-refractivity contribution in [2.45, 2.75) is 90.7 Å². The first kappa shape index (κ1) is 36.5. The number of unbranched alkanes of at least 4 members (excludes halogenated alkanes) is 1. The van der Waals surface area contributed by atoms with Gasteiger partial charge in [0.25, 0.3) is 0 Å². The number of anilines is 1. The molecular weight excluding hydrogens is 566 g/mol. The van der Waals surface area contributed by atoms with Crippen molar-refractivity contribution in [1.29, 1.82) is 0 Å². The minimum atomic E-state index is -0.805. The van der Waals surface area contributed by atoms with Crippen molar-refractivity contribution in [2.24, 2.45) is 5.92 Å².